The number of β-amino-alcohol motifs (C(OH)–C–C–N with tert-alkyl or cyclic N) is 1. The predicted octanol–water partition coefficient (Wildman–Crippen LogP) is 0.394. The number of nitrogens with two attached hydrogens (primary N) is 1. The van der Waals surface area contributed by atoms with E-state index < -0.39 is 0 Å². The van der Waals surface area contributed by atoms with Crippen molar-refractivity contribution in [1.82, 2.24) is 5.01 Å². The van der Waals surface area contributed by atoms with Crippen molar-refractivity contribution in [3.8, 4) is 0 Å². The highest BCUT2D eigenvalue weighted by Gasteiger charge is 2.31. The standard InChI is InChI=1S/C13H19N5O/c1-17(2)10-5-3-9(4-6-10)11-12(14)16-18(7-8-19)13(11)15/h3-6,11,15,19H,7-8H2,1-2H3,(H2,14,16). The van der Waals surface area contributed by atoms with E-state index in [1.807, 2.05) is 43.3 Å². The third-order valence-corrected chi connectivity index (χ3v) is 3.14. The third kappa shape index (κ3) is 2.53. The summed E-state index contributed by atoms with van der Waals surface area (Å²) in [4.78, 5) is 2.01. The lowest BCUT2D eigenvalue weighted by molar-refractivity contribution is 0.254. The summed E-state index contributed by atoms with van der Waals surface area (Å²) in [6, 6.07) is 7.90. The number of nitrogens with zero attached hydrogens (tertiary/aromatic N) is 3. The first-order chi connectivity index (χ1) is 9.04. The van der Waals surface area contributed by atoms with Crippen LogP contribution in [0.1, 0.15) is 11.5 Å². The largest absolute Gasteiger partial charge is 0.394 e. The van der Waals surface area contributed by atoms with Crippen molar-refractivity contribution in [3.05, 3.63) is 29.8 Å². The van der Waals surface area contributed by atoms with Gasteiger partial charge in [0.2, 0.25) is 0 Å². The molecule has 19 heavy (non-hydrogen) atoms. The lowest BCUT2D eigenvalue weighted by atomic mass is 9.97. The van der Waals surface area contributed by atoms with Crippen molar-refractivity contribution in [1.29, 1.82) is 5.41 Å². The molecule has 0 amide bonds. The van der Waals surface area contributed by atoms with Crippen LogP contribution in [0, 0.1) is 5.41 Å². The second-order valence-corrected chi connectivity index (χ2v) is 4.68. The van der Waals surface area contributed by atoms with Gasteiger partial charge in [-0.15, -0.1) is 0 Å². The Kier molecular flexibility index (Phi) is 3.71. The Balaban J connectivity index is 2.23. The summed E-state index contributed by atoms with van der Waals surface area (Å²) >= 11 is 0. The minimum absolute atomic E-state index is 0.0502. The zero-order valence-corrected chi connectivity index (χ0v) is 11.2. The van der Waals surface area contributed by atoms with Crippen molar-refractivity contribution in [2.75, 3.05) is 32.1 Å². The molecule has 0 radical (unpaired) electrons. The molecule has 0 aliphatic carbocycles. The molecular weight excluding hydrogens is 242 g/mol. The first-order valence-corrected chi connectivity index (χ1v) is 6.12. The molecule has 0 saturated carbocycles. The molecule has 1 heterocycles. The number of aliphatic hydroxyl groups is 1. The molecule has 1 aliphatic rings. The van der Waals surface area contributed by atoms with Crippen molar-refractivity contribution in [3.63, 3.8) is 0 Å². The van der Waals surface area contributed by atoms with Crippen molar-refractivity contribution >= 4 is 17.4 Å². The zero-order valence-electron chi connectivity index (χ0n) is 11.2. The van der Waals surface area contributed by atoms with Gasteiger partial charge < -0.3 is 15.7 Å². The number of rotatable bonds is 4. The van der Waals surface area contributed by atoms with E-state index in [4.69, 9.17) is 16.2 Å². The zero-order chi connectivity index (χ0) is 14.0. The van der Waals surface area contributed by atoms with Crippen LogP contribution in [0.4, 0.5) is 5.69 Å². The highest BCUT2D eigenvalue weighted by molar-refractivity contribution is 6.12. The van der Waals surface area contributed by atoms with E-state index in [2.05, 4.69) is 5.10 Å². The maximum absolute atomic E-state index is 8.93. The molecule has 6 heteroatoms. The van der Waals surface area contributed by atoms with Gasteiger partial charge in [0.05, 0.1) is 13.2 Å². The molecule has 1 aliphatic heterocycles. The summed E-state index contributed by atoms with van der Waals surface area (Å²) in [5.41, 5.74) is 7.93. The van der Waals surface area contributed by atoms with E-state index in [0.717, 1.165) is 11.3 Å². The number of hydrazone groups is 1. The molecule has 1 aromatic rings. The van der Waals surface area contributed by atoms with E-state index in [-0.39, 0.29) is 12.5 Å². The fraction of sp³-hybridized carbons (Fsp3) is 0.385. The molecule has 1 atom stereocenters. The monoisotopic (exact) mass is 261 g/mol. The van der Waals surface area contributed by atoms with Crippen LogP contribution in [0.5, 0.6) is 0 Å². The molecule has 2 rings (SSSR count). The first kappa shape index (κ1) is 13.4. The van der Waals surface area contributed by atoms with Gasteiger partial charge in [0.1, 0.15) is 17.6 Å². The van der Waals surface area contributed by atoms with Gasteiger partial charge in [-0.1, -0.05) is 12.1 Å². The fourth-order valence-electron chi connectivity index (χ4n) is 2.10. The van der Waals surface area contributed by atoms with Crippen LogP contribution in [0.3, 0.4) is 0 Å². The van der Waals surface area contributed by atoms with Crippen LogP contribution in [-0.2, 0) is 0 Å². The normalized spacial score (nSPS) is 18.7. The van der Waals surface area contributed by atoms with Gasteiger partial charge in [-0.25, -0.2) is 5.01 Å². The molecule has 4 N–H and O–H groups in total. The molecule has 1 unspecified atom stereocenters. The molecule has 0 aromatic heterocycles. The van der Waals surface area contributed by atoms with E-state index in [0.29, 0.717) is 18.2 Å². The van der Waals surface area contributed by atoms with E-state index in [1.165, 1.54) is 5.01 Å². The Morgan fingerprint density at radius 2 is 2.00 bits per heavy atom. The minimum atomic E-state index is -0.317. The highest BCUT2D eigenvalue weighted by Crippen LogP contribution is 2.26. The summed E-state index contributed by atoms with van der Waals surface area (Å²) < 4.78 is 0. The van der Waals surface area contributed by atoms with E-state index >= 15 is 0 Å². The van der Waals surface area contributed by atoms with Crippen LogP contribution in [0.2, 0.25) is 0 Å². The fourth-order valence-corrected chi connectivity index (χ4v) is 2.10. The number of anilines is 1. The molecule has 0 saturated heterocycles. The first-order valence-electron chi connectivity index (χ1n) is 6.12. The second-order valence-electron chi connectivity index (χ2n) is 4.68. The average molecular weight is 261 g/mol. The molecule has 0 fully saturated rings. The summed E-state index contributed by atoms with van der Waals surface area (Å²) in [6.45, 7) is 0.247. The Morgan fingerprint density at radius 1 is 1.37 bits per heavy atom. The maximum atomic E-state index is 8.93. The Bertz CT molecular complexity index is 494. The number of hydrogen-bond acceptors (Lipinski definition) is 5. The molecule has 102 valence electrons. The minimum Gasteiger partial charge on any atom is -0.394 e. The molecule has 6 nitrogen and oxygen atoms in total. The highest BCUT2D eigenvalue weighted by atomic mass is 16.3. The van der Waals surface area contributed by atoms with Crippen molar-refractivity contribution < 1.29 is 5.11 Å². The Labute approximate surface area is 112 Å². The molecule has 0 bridgehead atoms. The molecular formula is C13H19N5O. The number of aliphatic hydroxyl groups excluding tert-OH is 1. The Hall–Kier alpha value is -2.08. The van der Waals surface area contributed by atoms with Crippen LogP contribution >= 0.6 is 0 Å². The summed E-state index contributed by atoms with van der Waals surface area (Å²) in [7, 11) is 3.96. The van der Waals surface area contributed by atoms with Gasteiger partial charge in [0.15, 0.2) is 0 Å². The maximum Gasteiger partial charge on any atom is 0.135 e. The Morgan fingerprint density at radius 3 is 2.53 bits per heavy atom. The third-order valence-electron chi connectivity index (χ3n) is 3.14. The van der Waals surface area contributed by atoms with Crippen molar-refractivity contribution in [2.24, 2.45) is 10.8 Å². The lowest BCUT2D eigenvalue weighted by Crippen LogP contribution is -2.29. The van der Waals surface area contributed by atoms with Gasteiger partial charge in [-0.05, 0) is 17.7 Å². The summed E-state index contributed by atoms with van der Waals surface area (Å²) in [5.74, 6) is 0.392. The number of nitrogens with one attached hydrogen (secondary N) is 1. The number of benzene rings is 1. The second kappa shape index (κ2) is 5.27. The van der Waals surface area contributed by atoms with Crippen LogP contribution in [0.15, 0.2) is 29.4 Å². The topological polar surface area (TPSA) is 88.9 Å². The van der Waals surface area contributed by atoms with E-state index in [1.54, 1.807) is 0 Å². The quantitative estimate of drug-likeness (QED) is 0.731. The van der Waals surface area contributed by atoms with Gasteiger partial charge in [0, 0.05) is 19.8 Å². The van der Waals surface area contributed by atoms with Gasteiger partial charge >= 0.3 is 0 Å². The van der Waals surface area contributed by atoms with Crippen LogP contribution in [0.25, 0.3) is 0 Å². The van der Waals surface area contributed by atoms with Crippen LogP contribution in [-0.4, -0.2) is 49.0 Å². The molecule has 1 aromatic carbocycles. The smallest absolute Gasteiger partial charge is 0.135 e. The predicted molar refractivity (Wildman–Crippen MR) is 76.7 cm³/mol. The van der Waals surface area contributed by atoms with Crippen molar-refractivity contribution in [2.45, 2.75) is 5.92 Å². The van der Waals surface area contributed by atoms with E-state index in [9.17, 15) is 0 Å². The summed E-state index contributed by atoms with van der Waals surface area (Å²) in [5, 5.41) is 22.6. The van der Waals surface area contributed by atoms with Gasteiger partial charge in [-0.2, -0.15) is 5.10 Å². The SMILES string of the molecule is CN(C)c1ccc(C2C(=N)N(CCO)N=C2N)cc1. The average Bonchev–Trinajstić information content (AvgIpc) is 2.65. The lowest BCUT2D eigenvalue weighted by Gasteiger charge is -2.17. The van der Waals surface area contributed by atoms with Gasteiger partial charge in [-0.3, -0.25) is 5.41 Å². The number of amidine groups is 2. The number of hydrogen-bond donors (Lipinski definition) is 3. The van der Waals surface area contributed by atoms with Crippen LogP contribution < -0.4 is 10.6 Å². The van der Waals surface area contributed by atoms with Gasteiger partial charge in [0.25, 0.3) is 0 Å². The molecule has 0 spiro atoms. The summed E-state index contributed by atoms with van der Waals surface area (Å²) in [6.07, 6.45) is 0.